The molecule has 136 valence electrons. The molecule has 2 heterocycles. The summed E-state index contributed by atoms with van der Waals surface area (Å²) in [4.78, 5) is 18.5. The van der Waals surface area contributed by atoms with E-state index in [9.17, 15) is 4.79 Å². The fourth-order valence-electron chi connectivity index (χ4n) is 2.67. The molecule has 6 nitrogen and oxygen atoms in total. The number of nitrogens with zero attached hydrogens (tertiary/aromatic N) is 3. The van der Waals surface area contributed by atoms with Gasteiger partial charge in [0, 0.05) is 12.1 Å². The number of pyridine rings is 1. The number of furan rings is 1. The third kappa shape index (κ3) is 4.60. The number of anilines is 1. The van der Waals surface area contributed by atoms with Crippen molar-refractivity contribution in [1.29, 1.82) is 5.26 Å². The molecule has 0 aliphatic rings. The first-order chi connectivity index (χ1) is 13.1. The van der Waals surface area contributed by atoms with Gasteiger partial charge in [0.2, 0.25) is 0 Å². The Kier molecular flexibility index (Phi) is 5.64. The Labute approximate surface area is 158 Å². The van der Waals surface area contributed by atoms with Gasteiger partial charge in [-0.3, -0.25) is 9.69 Å². The predicted octanol–water partition coefficient (Wildman–Crippen LogP) is 3.99. The minimum atomic E-state index is -0.217. The topological polar surface area (TPSA) is 82.2 Å². The molecule has 0 aliphatic carbocycles. The minimum absolute atomic E-state index is 0.159. The molecule has 0 aliphatic heterocycles. The summed E-state index contributed by atoms with van der Waals surface area (Å²) in [6, 6.07) is 16.7. The highest BCUT2D eigenvalue weighted by Crippen LogP contribution is 2.21. The van der Waals surface area contributed by atoms with Gasteiger partial charge in [-0.25, -0.2) is 4.98 Å². The van der Waals surface area contributed by atoms with Crippen LogP contribution < -0.4 is 5.32 Å². The van der Waals surface area contributed by atoms with Crippen molar-refractivity contribution < 1.29 is 9.21 Å². The molecule has 3 aromatic rings. The Bertz CT molecular complexity index is 926. The van der Waals surface area contributed by atoms with Crippen LogP contribution in [0.2, 0.25) is 0 Å². The summed E-state index contributed by atoms with van der Waals surface area (Å²) in [5, 5.41) is 11.5. The van der Waals surface area contributed by atoms with Crippen molar-refractivity contribution in [2.45, 2.75) is 19.5 Å². The standard InChI is InChI=1S/C21H20N4O2/c1-15(20-4-3-11-27-20)25(2)14-16-5-7-17(8-6-16)21(26)24-19-10-9-18(12-22)23-13-19/h3-11,13,15H,14H2,1-2H3,(H,24,26)/t15-/m0/s1. The van der Waals surface area contributed by atoms with Gasteiger partial charge >= 0.3 is 0 Å². The maximum absolute atomic E-state index is 12.3. The first-order valence-corrected chi connectivity index (χ1v) is 8.57. The molecular weight excluding hydrogens is 340 g/mol. The number of amides is 1. The molecule has 0 saturated carbocycles. The van der Waals surface area contributed by atoms with Gasteiger partial charge in [-0.15, -0.1) is 0 Å². The fourth-order valence-corrected chi connectivity index (χ4v) is 2.67. The highest BCUT2D eigenvalue weighted by molar-refractivity contribution is 6.04. The van der Waals surface area contributed by atoms with E-state index >= 15 is 0 Å². The third-order valence-corrected chi connectivity index (χ3v) is 4.40. The van der Waals surface area contributed by atoms with E-state index in [1.165, 1.54) is 6.20 Å². The van der Waals surface area contributed by atoms with Gasteiger partial charge in [0.25, 0.3) is 5.91 Å². The second kappa shape index (κ2) is 8.30. The van der Waals surface area contributed by atoms with Crippen LogP contribution in [0.3, 0.4) is 0 Å². The van der Waals surface area contributed by atoms with E-state index in [1.54, 1.807) is 30.5 Å². The Morgan fingerprint density at radius 1 is 1.26 bits per heavy atom. The van der Waals surface area contributed by atoms with Crippen molar-refractivity contribution in [3.05, 3.63) is 83.6 Å². The average Bonchev–Trinajstić information content (AvgIpc) is 3.23. The van der Waals surface area contributed by atoms with Crippen molar-refractivity contribution in [3.63, 3.8) is 0 Å². The predicted molar refractivity (Wildman–Crippen MR) is 102 cm³/mol. The lowest BCUT2D eigenvalue weighted by atomic mass is 10.1. The zero-order chi connectivity index (χ0) is 19.2. The fraction of sp³-hybridized carbons (Fsp3) is 0.190. The van der Waals surface area contributed by atoms with Crippen molar-refractivity contribution in [2.75, 3.05) is 12.4 Å². The summed E-state index contributed by atoms with van der Waals surface area (Å²) in [6.07, 6.45) is 3.15. The molecule has 0 unspecified atom stereocenters. The number of nitrogens with one attached hydrogen (secondary N) is 1. The van der Waals surface area contributed by atoms with E-state index in [-0.39, 0.29) is 11.9 Å². The minimum Gasteiger partial charge on any atom is -0.468 e. The monoisotopic (exact) mass is 360 g/mol. The number of carbonyl (C=O) groups is 1. The summed E-state index contributed by atoms with van der Waals surface area (Å²) in [7, 11) is 2.03. The lowest BCUT2D eigenvalue weighted by Gasteiger charge is -2.23. The van der Waals surface area contributed by atoms with Gasteiger partial charge in [0.05, 0.1) is 24.2 Å². The molecule has 0 radical (unpaired) electrons. The lowest BCUT2D eigenvalue weighted by molar-refractivity contribution is 0.102. The molecule has 1 aromatic carbocycles. The van der Waals surface area contributed by atoms with E-state index in [2.05, 4.69) is 22.1 Å². The molecule has 0 fully saturated rings. The van der Waals surface area contributed by atoms with Crippen LogP contribution >= 0.6 is 0 Å². The molecule has 1 N–H and O–H groups in total. The smallest absolute Gasteiger partial charge is 0.255 e. The Hall–Kier alpha value is -3.43. The lowest BCUT2D eigenvalue weighted by Crippen LogP contribution is -2.21. The van der Waals surface area contributed by atoms with Crippen LogP contribution in [0, 0.1) is 11.3 Å². The van der Waals surface area contributed by atoms with Gasteiger partial charge in [-0.1, -0.05) is 12.1 Å². The first kappa shape index (κ1) is 18.4. The second-order valence-electron chi connectivity index (χ2n) is 6.30. The highest BCUT2D eigenvalue weighted by Gasteiger charge is 2.14. The maximum atomic E-state index is 12.3. The summed E-state index contributed by atoms with van der Waals surface area (Å²) in [5.74, 6) is 0.704. The van der Waals surface area contributed by atoms with E-state index in [0.29, 0.717) is 16.9 Å². The number of hydrogen-bond acceptors (Lipinski definition) is 5. The number of nitriles is 1. The quantitative estimate of drug-likeness (QED) is 0.719. The summed E-state index contributed by atoms with van der Waals surface area (Å²) < 4.78 is 5.46. The average molecular weight is 360 g/mol. The van der Waals surface area contributed by atoms with Gasteiger partial charge in [0.1, 0.15) is 17.5 Å². The molecule has 0 bridgehead atoms. The Balaban J connectivity index is 1.60. The molecule has 1 amide bonds. The largest absolute Gasteiger partial charge is 0.468 e. The first-order valence-electron chi connectivity index (χ1n) is 8.57. The molecule has 27 heavy (non-hydrogen) atoms. The molecular formula is C21H20N4O2. The summed E-state index contributed by atoms with van der Waals surface area (Å²) >= 11 is 0. The second-order valence-corrected chi connectivity index (χ2v) is 6.30. The third-order valence-electron chi connectivity index (χ3n) is 4.40. The Morgan fingerprint density at radius 2 is 2.04 bits per heavy atom. The SMILES string of the molecule is C[C@@H](c1ccco1)N(C)Cc1ccc(C(=O)Nc2ccc(C#N)nc2)cc1. The van der Waals surface area contributed by atoms with E-state index in [4.69, 9.17) is 9.68 Å². The van der Waals surface area contributed by atoms with Crippen LogP contribution in [0.5, 0.6) is 0 Å². The highest BCUT2D eigenvalue weighted by atomic mass is 16.3. The number of carbonyl (C=O) groups excluding carboxylic acids is 1. The molecule has 3 rings (SSSR count). The number of hydrogen-bond donors (Lipinski definition) is 1. The van der Waals surface area contributed by atoms with Gasteiger partial charge in [0.15, 0.2) is 0 Å². The normalized spacial score (nSPS) is 11.8. The number of aromatic nitrogens is 1. The molecule has 6 heteroatoms. The molecule has 0 spiro atoms. The van der Waals surface area contributed by atoms with Crippen molar-refractivity contribution in [1.82, 2.24) is 9.88 Å². The van der Waals surface area contributed by atoms with Crippen LogP contribution in [0.25, 0.3) is 0 Å². The molecule has 0 saturated heterocycles. The summed E-state index contributed by atoms with van der Waals surface area (Å²) in [6.45, 7) is 2.83. The van der Waals surface area contributed by atoms with Gasteiger partial charge < -0.3 is 9.73 Å². The van der Waals surface area contributed by atoms with Crippen molar-refractivity contribution in [2.24, 2.45) is 0 Å². The molecule has 1 atom stereocenters. The van der Waals surface area contributed by atoms with Crippen LogP contribution in [0.1, 0.15) is 40.3 Å². The van der Waals surface area contributed by atoms with E-state index < -0.39 is 0 Å². The van der Waals surface area contributed by atoms with Crippen molar-refractivity contribution >= 4 is 11.6 Å². The van der Waals surface area contributed by atoms with Crippen LogP contribution in [-0.4, -0.2) is 22.8 Å². The van der Waals surface area contributed by atoms with Gasteiger partial charge in [-0.2, -0.15) is 5.26 Å². The Morgan fingerprint density at radius 3 is 2.63 bits per heavy atom. The zero-order valence-corrected chi connectivity index (χ0v) is 15.2. The number of benzene rings is 1. The summed E-state index contributed by atoms with van der Waals surface area (Å²) in [5.41, 5.74) is 2.53. The maximum Gasteiger partial charge on any atom is 0.255 e. The number of rotatable bonds is 6. The van der Waals surface area contributed by atoms with E-state index in [1.807, 2.05) is 37.4 Å². The van der Waals surface area contributed by atoms with Crippen LogP contribution in [0.4, 0.5) is 5.69 Å². The van der Waals surface area contributed by atoms with Crippen molar-refractivity contribution in [3.8, 4) is 6.07 Å². The van der Waals surface area contributed by atoms with E-state index in [0.717, 1.165) is 17.9 Å². The zero-order valence-electron chi connectivity index (χ0n) is 15.2. The molecule has 2 aromatic heterocycles. The van der Waals surface area contributed by atoms with Gasteiger partial charge in [-0.05, 0) is 55.9 Å². The van der Waals surface area contributed by atoms with Crippen LogP contribution in [-0.2, 0) is 6.54 Å². The van der Waals surface area contributed by atoms with Crippen LogP contribution in [0.15, 0.2) is 65.4 Å².